The number of imide groups is 1. The third-order valence-corrected chi connectivity index (χ3v) is 4.80. The molecule has 1 aliphatic rings. The van der Waals surface area contributed by atoms with Gasteiger partial charge in [0.1, 0.15) is 0 Å². The van der Waals surface area contributed by atoms with E-state index in [4.69, 9.17) is 9.84 Å². The topological polar surface area (TPSA) is 87.2 Å². The van der Waals surface area contributed by atoms with Crippen molar-refractivity contribution in [3.63, 3.8) is 0 Å². The second-order valence-corrected chi connectivity index (χ2v) is 7.04. The molecule has 0 spiro atoms. The first kappa shape index (κ1) is 21.1. The SMILES string of the molecule is CC(=O)N(C(=O)[C@H](CCC(=O)O)N1CCOCC1)c1c(C)cc(C)cc1C. The van der Waals surface area contributed by atoms with E-state index in [9.17, 15) is 14.4 Å². The van der Waals surface area contributed by atoms with E-state index in [1.807, 2.05) is 37.8 Å². The molecule has 2 amide bonds. The zero-order valence-corrected chi connectivity index (χ0v) is 16.4. The van der Waals surface area contributed by atoms with Crippen molar-refractivity contribution in [1.82, 2.24) is 4.90 Å². The summed E-state index contributed by atoms with van der Waals surface area (Å²) in [6, 6.07) is 3.20. The van der Waals surface area contributed by atoms with Gasteiger partial charge in [0.2, 0.25) is 5.91 Å². The number of carbonyl (C=O) groups is 3. The fourth-order valence-electron chi connectivity index (χ4n) is 3.71. The van der Waals surface area contributed by atoms with Crippen LogP contribution >= 0.6 is 0 Å². The van der Waals surface area contributed by atoms with Gasteiger partial charge in [-0.15, -0.1) is 0 Å². The number of anilines is 1. The van der Waals surface area contributed by atoms with Crippen LogP contribution in [0.4, 0.5) is 5.69 Å². The summed E-state index contributed by atoms with van der Waals surface area (Å²) < 4.78 is 5.35. The van der Waals surface area contributed by atoms with E-state index in [2.05, 4.69) is 0 Å². The summed E-state index contributed by atoms with van der Waals surface area (Å²) >= 11 is 0. The molecule has 0 radical (unpaired) electrons. The maximum atomic E-state index is 13.4. The first-order valence-corrected chi connectivity index (χ1v) is 9.18. The number of aryl methyl sites for hydroxylation is 3. The average molecular weight is 376 g/mol. The van der Waals surface area contributed by atoms with E-state index in [1.54, 1.807) is 0 Å². The highest BCUT2D eigenvalue weighted by Gasteiger charge is 2.35. The van der Waals surface area contributed by atoms with Crippen molar-refractivity contribution in [2.45, 2.75) is 46.6 Å². The third kappa shape index (κ3) is 5.14. The lowest BCUT2D eigenvalue weighted by molar-refractivity contribution is -0.137. The Morgan fingerprint density at radius 2 is 1.70 bits per heavy atom. The van der Waals surface area contributed by atoms with Gasteiger partial charge in [-0.3, -0.25) is 19.3 Å². The Morgan fingerprint density at radius 1 is 1.15 bits per heavy atom. The first-order valence-electron chi connectivity index (χ1n) is 9.18. The Hall–Kier alpha value is -2.25. The first-order chi connectivity index (χ1) is 12.7. The quantitative estimate of drug-likeness (QED) is 0.818. The smallest absolute Gasteiger partial charge is 0.303 e. The highest BCUT2D eigenvalue weighted by molar-refractivity contribution is 6.16. The van der Waals surface area contributed by atoms with Gasteiger partial charge in [-0.1, -0.05) is 17.7 Å². The predicted octanol–water partition coefficient (Wildman–Crippen LogP) is 2.06. The van der Waals surface area contributed by atoms with Crippen molar-refractivity contribution in [2.24, 2.45) is 0 Å². The monoisotopic (exact) mass is 376 g/mol. The van der Waals surface area contributed by atoms with Crippen LogP contribution in [0.5, 0.6) is 0 Å². The Kier molecular flexibility index (Phi) is 7.10. The molecule has 1 heterocycles. The van der Waals surface area contributed by atoms with Crippen molar-refractivity contribution >= 4 is 23.5 Å². The third-order valence-electron chi connectivity index (χ3n) is 4.80. The fraction of sp³-hybridized carbons (Fsp3) is 0.550. The average Bonchev–Trinajstić information content (AvgIpc) is 2.58. The van der Waals surface area contributed by atoms with Gasteiger partial charge < -0.3 is 9.84 Å². The van der Waals surface area contributed by atoms with Crippen LogP contribution in [0, 0.1) is 20.8 Å². The largest absolute Gasteiger partial charge is 0.481 e. The summed E-state index contributed by atoms with van der Waals surface area (Å²) in [6.07, 6.45) is 0.0211. The number of nitrogens with zero attached hydrogens (tertiary/aromatic N) is 2. The van der Waals surface area contributed by atoms with Gasteiger partial charge in [-0.25, -0.2) is 4.90 Å². The summed E-state index contributed by atoms with van der Waals surface area (Å²) in [5.41, 5.74) is 3.33. The number of amides is 2. The van der Waals surface area contributed by atoms with Crippen LogP contribution in [0.2, 0.25) is 0 Å². The van der Waals surface area contributed by atoms with Crippen molar-refractivity contribution in [3.05, 3.63) is 28.8 Å². The van der Waals surface area contributed by atoms with E-state index in [0.29, 0.717) is 32.0 Å². The van der Waals surface area contributed by atoms with Crippen molar-refractivity contribution < 1.29 is 24.2 Å². The molecular weight excluding hydrogens is 348 g/mol. The number of carboxylic acid groups (broad SMARTS) is 1. The minimum Gasteiger partial charge on any atom is -0.481 e. The molecule has 7 heteroatoms. The molecule has 1 atom stereocenters. The number of morpholine rings is 1. The summed E-state index contributed by atoms with van der Waals surface area (Å²) in [5, 5.41) is 9.09. The molecule has 1 aliphatic heterocycles. The van der Waals surface area contributed by atoms with Crippen LogP contribution in [0.25, 0.3) is 0 Å². The Morgan fingerprint density at radius 3 is 2.19 bits per heavy atom. The molecule has 2 rings (SSSR count). The van der Waals surface area contributed by atoms with Crippen molar-refractivity contribution in [1.29, 1.82) is 0 Å². The molecule has 1 aromatic rings. The van der Waals surface area contributed by atoms with Gasteiger partial charge in [0.25, 0.3) is 5.91 Å². The molecule has 148 valence electrons. The van der Waals surface area contributed by atoms with Crippen LogP contribution in [0.15, 0.2) is 12.1 Å². The van der Waals surface area contributed by atoms with E-state index in [1.165, 1.54) is 11.8 Å². The second-order valence-electron chi connectivity index (χ2n) is 7.04. The lowest BCUT2D eigenvalue weighted by Gasteiger charge is -2.36. The second kappa shape index (κ2) is 9.10. The molecule has 0 saturated carbocycles. The maximum absolute atomic E-state index is 13.4. The molecule has 0 unspecified atom stereocenters. The highest BCUT2D eigenvalue weighted by atomic mass is 16.5. The van der Waals surface area contributed by atoms with E-state index < -0.39 is 12.0 Å². The summed E-state index contributed by atoms with van der Waals surface area (Å²) in [4.78, 5) is 40.1. The molecular formula is C20H28N2O5. The van der Waals surface area contributed by atoms with E-state index >= 15 is 0 Å². The van der Waals surface area contributed by atoms with E-state index in [0.717, 1.165) is 16.7 Å². The molecule has 0 aliphatic carbocycles. The Bertz CT molecular complexity index is 702. The van der Waals surface area contributed by atoms with Gasteiger partial charge in [-0.05, 0) is 38.3 Å². The molecule has 1 aromatic carbocycles. The Balaban J connectivity index is 2.41. The zero-order chi connectivity index (χ0) is 20.1. The van der Waals surface area contributed by atoms with Crippen LogP contribution in [-0.4, -0.2) is 60.1 Å². The maximum Gasteiger partial charge on any atom is 0.303 e. The van der Waals surface area contributed by atoms with E-state index in [-0.39, 0.29) is 24.7 Å². The highest BCUT2D eigenvalue weighted by Crippen LogP contribution is 2.28. The number of benzene rings is 1. The number of rotatable bonds is 6. The van der Waals surface area contributed by atoms with Gasteiger partial charge in [0.05, 0.1) is 24.9 Å². The van der Waals surface area contributed by atoms with Gasteiger partial charge in [0, 0.05) is 26.4 Å². The number of aliphatic carboxylic acids is 1. The van der Waals surface area contributed by atoms with Crippen molar-refractivity contribution in [3.8, 4) is 0 Å². The number of carbonyl (C=O) groups excluding carboxylic acids is 2. The number of hydrogen-bond donors (Lipinski definition) is 1. The Labute approximate surface area is 159 Å². The van der Waals surface area contributed by atoms with Crippen LogP contribution in [0.1, 0.15) is 36.5 Å². The molecule has 27 heavy (non-hydrogen) atoms. The lowest BCUT2D eigenvalue weighted by atomic mass is 10.0. The van der Waals surface area contributed by atoms with Gasteiger partial charge in [0.15, 0.2) is 0 Å². The standard InChI is InChI=1S/C20H28N2O5/c1-13-11-14(2)19(15(3)12-13)22(16(4)23)20(26)17(5-6-18(24)25)21-7-9-27-10-8-21/h11-12,17H,5-10H2,1-4H3,(H,24,25)/t17-/m0/s1. The van der Waals surface area contributed by atoms with Gasteiger partial charge >= 0.3 is 5.97 Å². The number of carboxylic acids is 1. The van der Waals surface area contributed by atoms with Crippen LogP contribution < -0.4 is 4.90 Å². The summed E-state index contributed by atoms with van der Waals surface area (Å²) in [5.74, 6) is -1.71. The number of hydrogen-bond acceptors (Lipinski definition) is 5. The van der Waals surface area contributed by atoms with Gasteiger partial charge in [-0.2, -0.15) is 0 Å². The summed E-state index contributed by atoms with van der Waals surface area (Å²) in [6.45, 7) is 9.12. The molecule has 1 saturated heterocycles. The molecule has 0 bridgehead atoms. The minimum absolute atomic E-state index is 0.134. The molecule has 1 fully saturated rings. The van der Waals surface area contributed by atoms with Crippen molar-refractivity contribution in [2.75, 3.05) is 31.2 Å². The molecule has 1 N–H and O–H groups in total. The fourth-order valence-corrected chi connectivity index (χ4v) is 3.71. The molecule has 0 aromatic heterocycles. The normalized spacial score (nSPS) is 16.0. The summed E-state index contributed by atoms with van der Waals surface area (Å²) in [7, 11) is 0. The zero-order valence-electron chi connectivity index (χ0n) is 16.4. The number of ether oxygens (including phenoxy) is 1. The van der Waals surface area contributed by atoms with Crippen LogP contribution in [-0.2, 0) is 19.1 Å². The predicted molar refractivity (Wildman–Crippen MR) is 102 cm³/mol. The van der Waals surface area contributed by atoms with Crippen LogP contribution in [0.3, 0.4) is 0 Å². The lowest BCUT2D eigenvalue weighted by Crippen LogP contribution is -2.54. The minimum atomic E-state index is -0.960. The molecule has 7 nitrogen and oxygen atoms in total.